The van der Waals surface area contributed by atoms with E-state index in [2.05, 4.69) is 58.3 Å². The quantitative estimate of drug-likeness (QED) is 0.536. The number of nitriles is 1. The van der Waals surface area contributed by atoms with Crippen LogP contribution < -0.4 is 0 Å². The van der Waals surface area contributed by atoms with Crippen LogP contribution in [0.1, 0.15) is 48.8 Å². The van der Waals surface area contributed by atoms with E-state index in [4.69, 9.17) is 0 Å². The molecule has 4 heteroatoms. The first-order valence-corrected chi connectivity index (χ1v) is 12.1. The molecule has 0 radical (unpaired) electrons. The number of pyridine rings is 1. The summed E-state index contributed by atoms with van der Waals surface area (Å²) in [6, 6.07) is 17.3. The van der Waals surface area contributed by atoms with Gasteiger partial charge in [0.15, 0.2) is 0 Å². The zero-order valence-electron chi connectivity index (χ0n) is 19.1. The number of aromatic nitrogens is 1. The Kier molecular flexibility index (Phi) is 6.21. The molecule has 0 bridgehead atoms. The van der Waals surface area contributed by atoms with E-state index in [1.165, 1.54) is 75.0 Å². The van der Waals surface area contributed by atoms with Gasteiger partial charge in [-0.3, -0.25) is 4.98 Å². The Labute approximate surface area is 191 Å². The highest BCUT2D eigenvalue weighted by atomic mass is 15.6. The molecule has 4 nitrogen and oxygen atoms in total. The third-order valence-corrected chi connectivity index (χ3v) is 7.19. The van der Waals surface area contributed by atoms with Gasteiger partial charge in [0.25, 0.3) is 0 Å². The van der Waals surface area contributed by atoms with Crippen molar-refractivity contribution in [3.8, 4) is 17.2 Å². The summed E-state index contributed by atoms with van der Waals surface area (Å²) in [6.07, 6.45) is 9.58. The molecular formula is C28H32N4. The van der Waals surface area contributed by atoms with Gasteiger partial charge in [0.05, 0.1) is 11.1 Å². The van der Waals surface area contributed by atoms with Crippen molar-refractivity contribution in [1.29, 1.82) is 5.26 Å². The first-order valence-electron chi connectivity index (χ1n) is 12.1. The summed E-state index contributed by atoms with van der Waals surface area (Å²) in [5, 5.41) is 15.8. The van der Waals surface area contributed by atoms with Crippen LogP contribution in [0.15, 0.2) is 48.7 Å². The maximum Gasteiger partial charge on any atom is 0.101 e. The Balaban J connectivity index is 1.34. The number of hydrogen-bond donors (Lipinski definition) is 0. The molecule has 0 spiro atoms. The molecule has 0 unspecified atom stereocenters. The number of fused-ring (bicyclic) bond motifs is 1. The summed E-state index contributed by atoms with van der Waals surface area (Å²) in [7, 11) is 0. The summed E-state index contributed by atoms with van der Waals surface area (Å²) < 4.78 is 0. The molecule has 32 heavy (non-hydrogen) atoms. The molecule has 0 atom stereocenters. The molecule has 0 aliphatic carbocycles. The number of hydrazine groups is 1. The van der Waals surface area contributed by atoms with Crippen LogP contribution in [-0.4, -0.2) is 41.2 Å². The third kappa shape index (κ3) is 4.41. The lowest BCUT2D eigenvalue weighted by Crippen LogP contribution is -2.49. The Morgan fingerprint density at radius 1 is 0.969 bits per heavy atom. The fraction of sp³-hybridized carbons (Fsp3) is 0.429. The van der Waals surface area contributed by atoms with Crippen molar-refractivity contribution in [2.45, 2.75) is 45.4 Å². The molecule has 0 N–H and O–H groups in total. The van der Waals surface area contributed by atoms with Crippen LogP contribution in [0.25, 0.3) is 22.0 Å². The minimum atomic E-state index is 0.637. The molecule has 2 aromatic carbocycles. The number of piperidine rings is 2. The minimum absolute atomic E-state index is 0.637. The molecule has 5 rings (SSSR count). The van der Waals surface area contributed by atoms with Crippen molar-refractivity contribution in [2.24, 2.45) is 5.92 Å². The van der Waals surface area contributed by atoms with Crippen molar-refractivity contribution >= 4 is 10.9 Å². The predicted octanol–water partition coefficient (Wildman–Crippen LogP) is 5.74. The summed E-state index contributed by atoms with van der Waals surface area (Å²) in [6.45, 7) is 7.10. The summed E-state index contributed by atoms with van der Waals surface area (Å²) in [5.74, 6) is 0.755. The molecule has 2 aliphatic rings. The second kappa shape index (κ2) is 9.40. The van der Waals surface area contributed by atoms with Crippen molar-refractivity contribution in [3.63, 3.8) is 0 Å². The van der Waals surface area contributed by atoms with E-state index in [-0.39, 0.29) is 0 Å². The van der Waals surface area contributed by atoms with Crippen molar-refractivity contribution < 1.29 is 0 Å². The molecule has 3 heterocycles. The normalized spacial score (nSPS) is 18.6. The van der Waals surface area contributed by atoms with Crippen LogP contribution >= 0.6 is 0 Å². The van der Waals surface area contributed by atoms with E-state index in [1.54, 1.807) is 6.20 Å². The van der Waals surface area contributed by atoms with E-state index in [0.29, 0.717) is 5.56 Å². The average molecular weight is 425 g/mol. The number of hydrogen-bond acceptors (Lipinski definition) is 4. The van der Waals surface area contributed by atoms with Crippen molar-refractivity contribution in [3.05, 3.63) is 65.4 Å². The predicted molar refractivity (Wildman–Crippen MR) is 130 cm³/mol. The zero-order valence-corrected chi connectivity index (χ0v) is 19.1. The number of benzene rings is 2. The second-order valence-electron chi connectivity index (χ2n) is 9.49. The van der Waals surface area contributed by atoms with Gasteiger partial charge in [-0.05, 0) is 73.8 Å². The monoisotopic (exact) mass is 424 g/mol. The summed E-state index contributed by atoms with van der Waals surface area (Å²) in [5.41, 5.74) is 6.55. The van der Waals surface area contributed by atoms with Gasteiger partial charge >= 0.3 is 0 Å². The van der Waals surface area contributed by atoms with Gasteiger partial charge in [0, 0.05) is 37.8 Å². The SMILES string of the molecule is Cc1cc(CC2CCN(N3CCCCC3)CC2)cc(-c2ccc(C#N)c3ncccc23)c1. The molecule has 1 aromatic heterocycles. The number of aryl methyl sites for hydroxylation is 1. The summed E-state index contributed by atoms with van der Waals surface area (Å²) in [4.78, 5) is 4.49. The molecule has 3 aromatic rings. The van der Waals surface area contributed by atoms with Gasteiger partial charge in [0.1, 0.15) is 6.07 Å². The van der Waals surface area contributed by atoms with Crippen molar-refractivity contribution in [1.82, 2.24) is 15.0 Å². The van der Waals surface area contributed by atoms with Gasteiger partial charge in [0.2, 0.25) is 0 Å². The van der Waals surface area contributed by atoms with Gasteiger partial charge < -0.3 is 0 Å². The fourth-order valence-corrected chi connectivity index (χ4v) is 5.55. The summed E-state index contributed by atoms with van der Waals surface area (Å²) >= 11 is 0. The fourth-order valence-electron chi connectivity index (χ4n) is 5.55. The lowest BCUT2D eigenvalue weighted by molar-refractivity contribution is -0.0609. The van der Waals surface area contributed by atoms with E-state index < -0.39 is 0 Å². The Hall–Kier alpha value is -2.74. The topological polar surface area (TPSA) is 43.2 Å². The Bertz CT molecular complexity index is 1130. The highest BCUT2D eigenvalue weighted by Crippen LogP contribution is 2.32. The van der Waals surface area contributed by atoms with Crippen LogP contribution in [0.4, 0.5) is 0 Å². The van der Waals surface area contributed by atoms with Crippen molar-refractivity contribution in [2.75, 3.05) is 26.2 Å². The van der Waals surface area contributed by atoms with E-state index in [9.17, 15) is 5.26 Å². The molecule has 0 saturated carbocycles. The lowest BCUT2D eigenvalue weighted by Gasteiger charge is -2.41. The zero-order chi connectivity index (χ0) is 21.9. The maximum atomic E-state index is 9.47. The van der Waals surface area contributed by atoms with E-state index in [0.717, 1.165) is 28.8 Å². The Morgan fingerprint density at radius 2 is 1.75 bits per heavy atom. The standard InChI is InChI=1S/C28H32N4/c1-21-16-23(18-22-9-14-32(15-10-22)31-12-3-2-4-13-31)19-25(17-21)26-8-7-24(20-29)28-27(26)6-5-11-30-28/h5-8,11,16-17,19,22H,2-4,9-10,12-15,18H2,1H3. The van der Waals surface area contributed by atoms with Crippen LogP contribution in [0.5, 0.6) is 0 Å². The molecule has 2 fully saturated rings. The van der Waals surface area contributed by atoms with Crippen LogP contribution in [0.2, 0.25) is 0 Å². The smallest absolute Gasteiger partial charge is 0.101 e. The largest absolute Gasteiger partial charge is 0.255 e. The van der Waals surface area contributed by atoms with Gasteiger partial charge in [-0.25, -0.2) is 10.0 Å². The third-order valence-electron chi connectivity index (χ3n) is 7.19. The lowest BCUT2D eigenvalue weighted by atomic mass is 9.88. The van der Waals surface area contributed by atoms with Gasteiger partial charge in [-0.2, -0.15) is 5.26 Å². The highest BCUT2D eigenvalue weighted by Gasteiger charge is 2.24. The van der Waals surface area contributed by atoms with Gasteiger partial charge in [-0.1, -0.05) is 42.3 Å². The number of nitrogens with zero attached hydrogens (tertiary/aromatic N) is 4. The molecule has 2 saturated heterocycles. The van der Waals surface area contributed by atoms with E-state index >= 15 is 0 Å². The van der Waals surface area contributed by atoms with E-state index in [1.807, 2.05) is 12.1 Å². The minimum Gasteiger partial charge on any atom is -0.255 e. The maximum absolute atomic E-state index is 9.47. The van der Waals surface area contributed by atoms with Crippen LogP contribution in [0, 0.1) is 24.2 Å². The van der Waals surface area contributed by atoms with Crippen LogP contribution in [-0.2, 0) is 6.42 Å². The second-order valence-corrected chi connectivity index (χ2v) is 9.49. The molecule has 164 valence electrons. The first kappa shape index (κ1) is 21.1. The van der Waals surface area contributed by atoms with Crippen LogP contribution in [0.3, 0.4) is 0 Å². The molecule has 0 amide bonds. The molecular weight excluding hydrogens is 392 g/mol. The molecule has 2 aliphatic heterocycles. The van der Waals surface area contributed by atoms with Gasteiger partial charge in [-0.15, -0.1) is 0 Å². The first-order chi connectivity index (χ1) is 15.7. The highest BCUT2D eigenvalue weighted by molar-refractivity contribution is 5.97. The number of rotatable bonds is 4. The Morgan fingerprint density at radius 3 is 2.53 bits per heavy atom. The average Bonchev–Trinajstić information content (AvgIpc) is 2.84.